The Morgan fingerprint density at radius 3 is 2.60 bits per heavy atom. The van der Waals surface area contributed by atoms with Crippen LogP contribution in [0.4, 0.5) is 11.4 Å². The molecule has 0 aromatic heterocycles. The van der Waals surface area contributed by atoms with Gasteiger partial charge in [0.2, 0.25) is 5.91 Å². The summed E-state index contributed by atoms with van der Waals surface area (Å²) < 4.78 is 5.04. The number of anilines is 1. The monoisotopic (exact) mass is 342 g/mol. The smallest absolute Gasteiger partial charge is 0.306 e. The van der Waals surface area contributed by atoms with E-state index in [1.165, 1.54) is 18.2 Å². The van der Waals surface area contributed by atoms with Gasteiger partial charge in [-0.25, -0.2) is 0 Å². The molecule has 0 aliphatic carbocycles. The Kier molecular flexibility index (Phi) is 6.22. The number of hydrogen-bond donors (Lipinski definition) is 1. The first-order valence-corrected chi connectivity index (χ1v) is 7.69. The van der Waals surface area contributed by atoms with Gasteiger partial charge in [0.05, 0.1) is 11.3 Å². The molecule has 2 rings (SSSR count). The highest BCUT2D eigenvalue weighted by Crippen LogP contribution is 2.14. The largest absolute Gasteiger partial charge is 0.461 e. The Balaban J connectivity index is 1.76. The SMILES string of the molecule is Cc1cccc(NC(=O)CCC(=O)OCc2cccc([N+](=O)[O-])c2)c1. The highest BCUT2D eigenvalue weighted by molar-refractivity contribution is 5.92. The first-order valence-electron chi connectivity index (χ1n) is 7.69. The van der Waals surface area contributed by atoms with Crippen LogP contribution in [0.2, 0.25) is 0 Å². The maximum absolute atomic E-state index is 11.8. The Morgan fingerprint density at radius 2 is 1.88 bits per heavy atom. The van der Waals surface area contributed by atoms with Crippen LogP contribution < -0.4 is 5.32 Å². The molecule has 0 unspecified atom stereocenters. The average Bonchev–Trinajstić information content (AvgIpc) is 2.58. The minimum Gasteiger partial charge on any atom is -0.461 e. The highest BCUT2D eigenvalue weighted by atomic mass is 16.6. The lowest BCUT2D eigenvalue weighted by Gasteiger charge is -2.07. The molecule has 0 bridgehead atoms. The summed E-state index contributed by atoms with van der Waals surface area (Å²) in [5, 5.41) is 13.4. The van der Waals surface area contributed by atoms with Crippen molar-refractivity contribution < 1.29 is 19.2 Å². The number of nitro benzene ring substituents is 1. The predicted molar refractivity (Wildman–Crippen MR) is 91.9 cm³/mol. The van der Waals surface area contributed by atoms with Gasteiger partial charge in [-0.3, -0.25) is 19.7 Å². The number of carbonyl (C=O) groups is 2. The minimum atomic E-state index is -0.536. The second-order valence-corrected chi connectivity index (χ2v) is 5.51. The molecule has 1 amide bonds. The molecular weight excluding hydrogens is 324 g/mol. The third kappa shape index (κ3) is 6.06. The van der Waals surface area contributed by atoms with Crippen molar-refractivity contribution >= 4 is 23.3 Å². The van der Waals surface area contributed by atoms with Crippen molar-refractivity contribution in [2.45, 2.75) is 26.4 Å². The molecule has 7 heteroatoms. The van der Waals surface area contributed by atoms with E-state index in [0.29, 0.717) is 11.3 Å². The lowest BCUT2D eigenvalue weighted by atomic mass is 10.2. The number of amides is 1. The molecule has 0 atom stereocenters. The van der Waals surface area contributed by atoms with Crippen LogP contribution in [0.15, 0.2) is 48.5 Å². The molecule has 0 aliphatic rings. The van der Waals surface area contributed by atoms with Gasteiger partial charge in [-0.05, 0) is 30.2 Å². The molecule has 7 nitrogen and oxygen atoms in total. The number of esters is 1. The molecule has 0 aliphatic heterocycles. The van der Waals surface area contributed by atoms with Crippen molar-refractivity contribution in [1.82, 2.24) is 0 Å². The van der Waals surface area contributed by atoms with Crippen molar-refractivity contribution in [3.8, 4) is 0 Å². The molecular formula is C18H18N2O5. The first kappa shape index (κ1) is 18.1. The third-order valence-electron chi connectivity index (χ3n) is 3.38. The van der Waals surface area contributed by atoms with Gasteiger partial charge in [0.1, 0.15) is 6.61 Å². The van der Waals surface area contributed by atoms with Gasteiger partial charge in [0.15, 0.2) is 0 Å². The number of nitrogens with one attached hydrogen (secondary N) is 1. The molecule has 0 fully saturated rings. The molecule has 1 N–H and O–H groups in total. The quantitative estimate of drug-likeness (QED) is 0.472. The maximum Gasteiger partial charge on any atom is 0.306 e. The molecule has 0 saturated heterocycles. The fourth-order valence-electron chi connectivity index (χ4n) is 2.16. The van der Waals surface area contributed by atoms with Crippen molar-refractivity contribution in [1.29, 1.82) is 0 Å². The summed E-state index contributed by atoms with van der Waals surface area (Å²) in [6.07, 6.45) is -0.0612. The summed E-state index contributed by atoms with van der Waals surface area (Å²) in [6, 6.07) is 13.2. The van der Waals surface area contributed by atoms with Crippen LogP contribution in [0.3, 0.4) is 0 Å². The summed E-state index contributed by atoms with van der Waals surface area (Å²) in [5.74, 6) is -0.816. The van der Waals surface area contributed by atoms with Crippen LogP contribution in [0.1, 0.15) is 24.0 Å². The Hall–Kier alpha value is -3.22. The number of nitrogens with zero attached hydrogens (tertiary/aromatic N) is 1. The van der Waals surface area contributed by atoms with Gasteiger partial charge < -0.3 is 10.1 Å². The molecule has 130 valence electrons. The number of aryl methyl sites for hydroxylation is 1. The highest BCUT2D eigenvalue weighted by Gasteiger charge is 2.10. The number of hydrogen-bond acceptors (Lipinski definition) is 5. The number of nitro groups is 1. The summed E-state index contributed by atoms with van der Waals surface area (Å²) >= 11 is 0. The fraction of sp³-hybridized carbons (Fsp3) is 0.222. The lowest BCUT2D eigenvalue weighted by molar-refractivity contribution is -0.384. The molecule has 0 saturated carbocycles. The minimum absolute atomic E-state index is 0.00170. The van der Waals surface area contributed by atoms with Gasteiger partial charge in [0.25, 0.3) is 5.69 Å². The lowest BCUT2D eigenvalue weighted by Crippen LogP contribution is -2.14. The zero-order valence-electron chi connectivity index (χ0n) is 13.7. The topological polar surface area (TPSA) is 98.5 Å². The van der Waals surface area contributed by atoms with E-state index in [4.69, 9.17) is 4.74 Å². The Bertz CT molecular complexity index is 789. The van der Waals surface area contributed by atoms with E-state index >= 15 is 0 Å². The van der Waals surface area contributed by atoms with Crippen LogP contribution in [-0.4, -0.2) is 16.8 Å². The van der Waals surface area contributed by atoms with E-state index in [-0.39, 0.29) is 31.0 Å². The summed E-state index contributed by atoms with van der Waals surface area (Å²) in [5.41, 5.74) is 2.15. The Labute approximate surface area is 144 Å². The van der Waals surface area contributed by atoms with Gasteiger partial charge in [0, 0.05) is 24.2 Å². The van der Waals surface area contributed by atoms with E-state index in [9.17, 15) is 19.7 Å². The number of rotatable bonds is 7. The van der Waals surface area contributed by atoms with Crippen LogP contribution in [0.25, 0.3) is 0 Å². The molecule has 0 radical (unpaired) electrons. The summed E-state index contributed by atoms with van der Waals surface area (Å²) in [4.78, 5) is 33.7. The van der Waals surface area contributed by atoms with E-state index in [1.807, 2.05) is 25.1 Å². The number of non-ortho nitro benzene ring substituents is 1. The molecule has 0 heterocycles. The zero-order chi connectivity index (χ0) is 18.2. The fourth-order valence-corrected chi connectivity index (χ4v) is 2.16. The molecule has 0 spiro atoms. The van der Waals surface area contributed by atoms with E-state index in [0.717, 1.165) is 5.56 Å². The van der Waals surface area contributed by atoms with Gasteiger partial charge in [-0.2, -0.15) is 0 Å². The van der Waals surface area contributed by atoms with Crippen molar-refractivity contribution in [2.75, 3.05) is 5.32 Å². The van der Waals surface area contributed by atoms with Crippen molar-refractivity contribution in [3.05, 3.63) is 69.8 Å². The molecule has 2 aromatic rings. The van der Waals surface area contributed by atoms with Gasteiger partial charge >= 0.3 is 5.97 Å². The van der Waals surface area contributed by atoms with Gasteiger partial charge in [-0.1, -0.05) is 24.3 Å². The van der Waals surface area contributed by atoms with Gasteiger partial charge in [-0.15, -0.1) is 0 Å². The third-order valence-corrected chi connectivity index (χ3v) is 3.38. The van der Waals surface area contributed by atoms with Crippen LogP contribution in [0.5, 0.6) is 0 Å². The number of benzene rings is 2. The van der Waals surface area contributed by atoms with Crippen LogP contribution >= 0.6 is 0 Å². The zero-order valence-corrected chi connectivity index (χ0v) is 13.7. The summed E-state index contributed by atoms with van der Waals surface area (Å²) in [6.45, 7) is 1.85. The van der Waals surface area contributed by atoms with Crippen LogP contribution in [0, 0.1) is 17.0 Å². The summed E-state index contributed by atoms with van der Waals surface area (Å²) in [7, 11) is 0. The second kappa shape index (κ2) is 8.58. The van der Waals surface area contributed by atoms with E-state index < -0.39 is 10.9 Å². The molecule has 2 aromatic carbocycles. The predicted octanol–water partition coefficient (Wildman–Crippen LogP) is 3.37. The molecule has 25 heavy (non-hydrogen) atoms. The normalized spacial score (nSPS) is 10.1. The number of carbonyl (C=O) groups excluding carboxylic acids is 2. The number of ether oxygens (including phenoxy) is 1. The van der Waals surface area contributed by atoms with Crippen LogP contribution in [-0.2, 0) is 20.9 Å². The first-order chi connectivity index (χ1) is 11.9. The standard InChI is InChI=1S/C18H18N2O5/c1-13-4-2-6-15(10-13)19-17(21)8-9-18(22)25-12-14-5-3-7-16(11-14)20(23)24/h2-7,10-11H,8-9,12H2,1H3,(H,19,21). The van der Waals surface area contributed by atoms with Crippen molar-refractivity contribution in [2.24, 2.45) is 0 Å². The Morgan fingerprint density at radius 1 is 1.12 bits per heavy atom. The maximum atomic E-state index is 11.8. The van der Waals surface area contributed by atoms with E-state index in [2.05, 4.69) is 5.32 Å². The van der Waals surface area contributed by atoms with E-state index in [1.54, 1.807) is 12.1 Å². The second-order valence-electron chi connectivity index (χ2n) is 5.51. The van der Waals surface area contributed by atoms with Crippen molar-refractivity contribution in [3.63, 3.8) is 0 Å². The average molecular weight is 342 g/mol.